The predicted octanol–water partition coefficient (Wildman–Crippen LogP) is 2.57. The number of rotatable bonds is 3. The number of aromatic nitrogens is 2. The second kappa shape index (κ2) is 5.59. The SMILES string of the molecule is NC1=N[C@@](c2cc(-c3cncnc3)ccc2F)(C2CC2)[C@H](F)OC1. The van der Waals surface area contributed by atoms with E-state index in [4.69, 9.17) is 10.5 Å². The zero-order valence-corrected chi connectivity index (χ0v) is 12.8. The minimum absolute atomic E-state index is 0.0799. The van der Waals surface area contributed by atoms with Gasteiger partial charge in [-0.3, -0.25) is 4.99 Å². The number of alkyl halides is 1. The Morgan fingerprint density at radius 3 is 2.62 bits per heavy atom. The van der Waals surface area contributed by atoms with E-state index >= 15 is 0 Å². The monoisotopic (exact) mass is 330 g/mol. The van der Waals surface area contributed by atoms with E-state index in [1.165, 1.54) is 12.4 Å². The Morgan fingerprint density at radius 1 is 1.17 bits per heavy atom. The van der Waals surface area contributed by atoms with Crippen molar-refractivity contribution in [2.75, 3.05) is 6.61 Å². The van der Waals surface area contributed by atoms with Gasteiger partial charge in [-0.15, -0.1) is 0 Å². The maximum Gasteiger partial charge on any atom is 0.229 e. The van der Waals surface area contributed by atoms with E-state index in [-0.39, 0.29) is 23.9 Å². The normalized spacial score (nSPS) is 26.9. The minimum Gasteiger partial charge on any atom is -0.385 e. The fourth-order valence-corrected chi connectivity index (χ4v) is 3.27. The summed E-state index contributed by atoms with van der Waals surface area (Å²) < 4.78 is 34.6. The molecule has 7 heteroatoms. The molecule has 0 spiro atoms. The molecule has 1 saturated carbocycles. The van der Waals surface area contributed by atoms with Crippen LogP contribution >= 0.6 is 0 Å². The molecule has 1 fully saturated rings. The third-order valence-electron chi connectivity index (χ3n) is 4.54. The molecular formula is C17H16F2N4O. The maximum absolute atomic E-state index is 14.8. The average Bonchev–Trinajstić information content (AvgIpc) is 3.44. The smallest absolute Gasteiger partial charge is 0.229 e. The highest BCUT2D eigenvalue weighted by Gasteiger charge is 2.56. The topological polar surface area (TPSA) is 73.4 Å². The van der Waals surface area contributed by atoms with E-state index in [0.717, 1.165) is 12.8 Å². The number of aliphatic imine (C=N–C) groups is 1. The first kappa shape index (κ1) is 15.1. The molecule has 0 bridgehead atoms. The molecule has 2 aromatic rings. The number of benzene rings is 1. The number of halogens is 2. The molecule has 24 heavy (non-hydrogen) atoms. The highest BCUT2D eigenvalue weighted by molar-refractivity contribution is 5.83. The molecule has 0 unspecified atom stereocenters. The molecule has 1 aliphatic carbocycles. The summed E-state index contributed by atoms with van der Waals surface area (Å²) in [4.78, 5) is 12.3. The summed E-state index contributed by atoms with van der Waals surface area (Å²) in [5.41, 5.74) is 5.95. The van der Waals surface area contributed by atoms with E-state index < -0.39 is 17.7 Å². The second-order valence-electron chi connectivity index (χ2n) is 6.15. The summed E-state index contributed by atoms with van der Waals surface area (Å²) in [6.07, 6.45) is 4.45. The molecular weight excluding hydrogens is 314 g/mol. The summed E-state index contributed by atoms with van der Waals surface area (Å²) in [5.74, 6) is -0.459. The van der Waals surface area contributed by atoms with Crippen molar-refractivity contribution in [3.8, 4) is 11.1 Å². The highest BCUT2D eigenvalue weighted by atomic mass is 19.1. The number of nitrogens with two attached hydrogens (primary N) is 1. The molecule has 2 atom stereocenters. The van der Waals surface area contributed by atoms with Crippen LogP contribution in [0.25, 0.3) is 11.1 Å². The van der Waals surface area contributed by atoms with E-state index in [2.05, 4.69) is 15.0 Å². The van der Waals surface area contributed by atoms with Gasteiger partial charge in [0.05, 0.1) is 0 Å². The van der Waals surface area contributed by atoms with Crippen LogP contribution in [0.3, 0.4) is 0 Å². The van der Waals surface area contributed by atoms with Crippen LogP contribution < -0.4 is 5.73 Å². The Bertz CT molecular complexity index is 794. The van der Waals surface area contributed by atoms with Gasteiger partial charge in [-0.1, -0.05) is 6.07 Å². The Morgan fingerprint density at radius 2 is 1.92 bits per heavy atom. The van der Waals surface area contributed by atoms with Gasteiger partial charge in [0.2, 0.25) is 6.36 Å². The van der Waals surface area contributed by atoms with Crippen molar-refractivity contribution in [3.05, 3.63) is 48.3 Å². The lowest BCUT2D eigenvalue weighted by Crippen LogP contribution is -2.47. The number of nitrogens with zero attached hydrogens (tertiary/aromatic N) is 3. The van der Waals surface area contributed by atoms with Gasteiger partial charge in [0.15, 0.2) is 0 Å². The second-order valence-corrected chi connectivity index (χ2v) is 6.15. The molecule has 124 valence electrons. The van der Waals surface area contributed by atoms with Gasteiger partial charge in [0.1, 0.15) is 30.1 Å². The Balaban J connectivity index is 1.89. The lowest BCUT2D eigenvalue weighted by molar-refractivity contribution is -0.0940. The lowest BCUT2D eigenvalue weighted by Gasteiger charge is -2.37. The summed E-state index contributed by atoms with van der Waals surface area (Å²) in [6.45, 7) is -0.0799. The highest BCUT2D eigenvalue weighted by Crippen LogP contribution is 2.53. The molecule has 4 rings (SSSR count). The van der Waals surface area contributed by atoms with E-state index in [9.17, 15) is 8.78 Å². The van der Waals surface area contributed by atoms with E-state index in [0.29, 0.717) is 11.1 Å². The zero-order chi connectivity index (χ0) is 16.7. The molecule has 0 amide bonds. The van der Waals surface area contributed by atoms with Crippen molar-refractivity contribution >= 4 is 5.84 Å². The van der Waals surface area contributed by atoms with Gasteiger partial charge in [-0.05, 0) is 36.5 Å². The average molecular weight is 330 g/mol. The van der Waals surface area contributed by atoms with Crippen LogP contribution in [0.15, 0.2) is 41.9 Å². The first-order chi connectivity index (χ1) is 11.6. The van der Waals surface area contributed by atoms with Crippen molar-refractivity contribution in [1.82, 2.24) is 9.97 Å². The van der Waals surface area contributed by atoms with Crippen molar-refractivity contribution in [3.63, 3.8) is 0 Å². The van der Waals surface area contributed by atoms with E-state index in [1.807, 2.05) is 0 Å². The number of hydrogen-bond acceptors (Lipinski definition) is 5. The summed E-state index contributed by atoms with van der Waals surface area (Å²) in [5, 5.41) is 0. The first-order valence-corrected chi connectivity index (χ1v) is 7.76. The van der Waals surface area contributed by atoms with Crippen LogP contribution in [0.2, 0.25) is 0 Å². The third kappa shape index (κ3) is 2.36. The Labute approximate surface area is 137 Å². The van der Waals surface area contributed by atoms with E-state index in [1.54, 1.807) is 24.5 Å². The molecule has 1 aromatic heterocycles. The van der Waals surface area contributed by atoms with Gasteiger partial charge in [-0.2, -0.15) is 0 Å². The molecule has 5 nitrogen and oxygen atoms in total. The van der Waals surface area contributed by atoms with Gasteiger partial charge in [0.25, 0.3) is 0 Å². The number of amidine groups is 1. The van der Waals surface area contributed by atoms with Gasteiger partial charge >= 0.3 is 0 Å². The summed E-state index contributed by atoms with van der Waals surface area (Å²) >= 11 is 0. The molecule has 1 aromatic carbocycles. The fraction of sp³-hybridized carbons (Fsp3) is 0.353. The molecule has 2 N–H and O–H groups in total. The standard InChI is InChI=1S/C17H16F2N4O/c18-14-4-1-10(11-6-21-9-22-7-11)5-13(14)17(12-2-3-12)16(19)24-8-15(20)23-17/h1,4-7,9,12,16H,2-3,8H2,(H2,20,23)/t16-,17-/m1/s1. The Hall–Kier alpha value is -2.41. The van der Waals surface area contributed by atoms with Crippen molar-refractivity contribution in [1.29, 1.82) is 0 Å². The third-order valence-corrected chi connectivity index (χ3v) is 4.54. The lowest BCUT2D eigenvalue weighted by atomic mass is 9.83. The van der Waals surface area contributed by atoms with Crippen LogP contribution in [0, 0.1) is 11.7 Å². The van der Waals surface area contributed by atoms with Crippen molar-refractivity contribution < 1.29 is 13.5 Å². The van der Waals surface area contributed by atoms with Crippen LogP contribution in [-0.2, 0) is 10.3 Å². The van der Waals surface area contributed by atoms with Crippen molar-refractivity contribution in [2.45, 2.75) is 24.7 Å². The largest absolute Gasteiger partial charge is 0.385 e. The predicted molar refractivity (Wildman–Crippen MR) is 84.3 cm³/mol. The number of hydrogen-bond donors (Lipinski definition) is 1. The fourth-order valence-electron chi connectivity index (χ4n) is 3.27. The van der Waals surface area contributed by atoms with Crippen LogP contribution in [-0.4, -0.2) is 28.8 Å². The number of ether oxygens (including phenoxy) is 1. The van der Waals surface area contributed by atoms with Crippen LogP contribution in [0.1, 0.15) is 18.4 Å². The van der Waals surface area contributed by atoms with Crippen LogP contribution in [0.4, 0.5) is 8.78 Å². The van der Waals surface area contributed by atoms with Gasteiger partial charge in [-0.25, -0.2) is 18.7 Å². The summed E-state index contributed by atoms with van der Waals surface area (Å²) in [6, 6.07) is 4.53. The van der Waals surface area contributed by atoms with Gasteiger partial charge in [0, 0.05) is 23.5 Å². The quantitative estimate of drug-likeness (QED) is 0.939. The first-order valence-electron chi connectivity index (χ1n) is 7.76. The molecule has 2 aliphatic rings. The zero-order valence-electron chi connectivity index (χ0n) is 12.8. The molecule has 2 heterocycles. The molecule has 0 radical (unpaired) electrons. The molecule has 1 aliphatic heterocycles. The maximum atomic E-state index is 14.8. The molecule has 0 saturated heterocycles. The Kier molecular flexibility index (Phi) is 3.53. The minimum atomic E-state index is -1.73. The van der Waals surface area contributed by atoms with Crippen LogP contribution in [0.5, 0.6) is 0 Å². The summed E-state index contributed by atoms with van der Waals surface area (Å²) in [7, 11) is 0. The van der Waals surface area contributed by atoms with Crippen molar-refractivity contribution in [2.24, 2.45) is 16.6 Å². The van der Waals surface area contributed by atoms with Gasteiger partial charge < -0.3 is 10.5 Å².